The van der Waals surface area contributed by atoms with E-state index in [1.165, 1.54) is 22.0 Å². The molecule has 0 saturated carbocycles. The molecule has 0 aliphatic carbocycles. The monoisotopic (exact) mass is 457 g/mol. The number of pyridine rings is 1. The smallest absolute Gasteiger partial charge is 0.251 e. The summed E-state index contributed by atoms with van der Waals surface area (Å²) in [7, 11) is 0. The minimum atomic E-state index is -0.344. The van der Waals surface area contributed by atoms with Gasteiger partial charge in [0, 0.05) is 32.7 Å². The summed E-state index contributed by atoms with van der Waals surface area (Å²) in [5.74, 6) is -0.344. The zero-order chi connectivity index (χ0) is 18.0. The number of benzene rings is 1. The van der Waals surface area contributed by atoms with Gasteiger partial charge in [-0.25, -0.2) is 4.98 Å². The summed E-state index contributed by atoms with van der Waals surface area (Å²) in [6.07, 6.45) is 1.56. The maximum atomic E-state index is 12.1. The van der Waals surface area contributed by atoms with E-state index >= 15 is 0 Å². The van der Waals surface area contributed by atoms with E-state index in [1.54, 1.807) is 35.8 Å². The second-order valence-corrected chi connectivity index (χ2v) is 7.64. The Hall–Kier alpha value is -1.67. The molecule has 1 amide bonds. The average Bonchev–Trinajstić information content (AvgIpc) is 2.99. The van der Waals surface area contributed by atoms with Crippen molar-refractivity contribution in [1.29, 1.82) is 0 Å². The molecule has 0 bridgehead atoms. The minimum Gasteiger partial charge on any atom is -0.305 e. The Morgan fingerprint density at radius 1 is 1.28 bits per heavy atom. The van der Waals surface area contributed by atoms with Crippen molar-refractivity contribution in [3.05, 3.63) is 66.8 Å². The molecule has 0 fully saturated rings. The molecule has 0 atom stereocenters. The molecule has 3 rings (SSSR count). The number of hydrogen-bond acceptors (Lipinski definition) is 4. The number of rotatable bonds is 4. The van der Waals surface area contributed by atoms with Gasteiger partial charge in [0.25, 0.3) is 5.56 Å². The van der Waals surface area contributed by atoms with E-state index in [-0.39, 0.29) is 18.0 Å². The standard InChI is InChI=1S/C16H10BrCl2N3O2S/c17-9-1-4-15(24)22(6-9)7-14(23)21-16-20-13(8-25-16)11-3-2-10(18)5-12(11)19/h1-6,8H,7H2,(H,20,21,23). The van der Waals surface area contributed by atoms with Crippen molar-refractivity contribution in [2.45, 2.75) is 6.54 Å². The zero-order valence-corrected chi connectivity index (χ0v) is 16.4. The number of carbonyl (C=O) groups excluding carboxylic acids is 1. The lowest BCUT2D eigenvalue weighted by Crippen LogP contribution is -2.26. The van der Waals surface area contributed by atoms with E-state index in [1.807, 2.05) is 0 Å². The fourth-order valence-electron chi connectivity index (χ4n) is 2.09. The van der Waals surface area contributed by atoms with Crippen molar-refractivity contribution in [2.75, 3.05) is 5.32 Å². The summed E-state index contributed by atoms with van der Waals surface area (Å²) in [6, 6.07) is 8.14. The van der Waals surface area contributed by atoms with Crippen LogP contribution in [-0.4, -0.2) is 15.5 Å². The van der Waals surface area contributed by atoms with Gasteiger partial charge in [-0.3, -0.25) is 9.59 Å². The van der Waals surface area contributed by atoms with Crippen LogP contribution in [-0.2, 0) is 11.3 Å². The summed E-state index contributed by atoms with van der Waals surface area (Å²) in [4.78, 5) is 28.2. The largest absolute Gasteiger partial charge is 0.305 e. The van der Waals surface area contributed by atoms with E-state index in [2.05, 4.69) is 26.2 Å². The Kier molecular flexibility index (Phi) is 5.58. The topological polar surface area (TPSA) is 64.0 Å². The number of halogens is 3. The SMILES string of the molecule is O=C(Cn1cc(Br)ccc1=O)Nc1nc(-c2ccc(Cl)cc2Cl)cs1. The highest BCUT2D eigenvalue weighted by atomic mass is 79.9. The van der Waals surface area contributed by atoms with Crippen LogP contribution in [0.4, 0.5) is 5.13 Å². The van der Waals surface area contributed by atoms with Gasteiger partial charge >= 0.3 is 0 Å². The minimum absolute atomic E-state index is 0.102. The maximum Gasteiger partial charge on any atom is 0.251 e. The molecule has 0 unspecified atom stereocenters. The number of amides is 1. The van der Waals surface area contributed by atoms with Crippen LogP contribution in [0.15, 0.2) is 51.2 Å². The van der Waals surface area contributed by atoms with E-state index in [0.717, 1.165) is 5.56 Å². The second kappa shape index (κ2) is 7.70. The number of nitrogens with zero attached hydrogens (tertiary/aromatic N) is 2. The van der Waals surface area contributed by atoms with Crippen LogP contribution in [0.5, 0.6) is 0 Å². The van der Waals surface area contributed by atoms with Crippen LogP contribution in [0, 0.1) is 0 Å². The molecule has 9 heteroatoms. The fourth-order valence-corrected chi connectivity index (χ4v) is 3.70. The summed E-state index contributed by atoms with van der Waals surface area (Å²) in [5.41, 5.74) is 1.11. The molecular formula is C16H10BrCl2N3O2S. The van der Waals surface area contributed by atoms with Crippen molar-refractivity contribution < 1.29 is 4.79 Å². The molecule has 3 aromatic rings. The van der Waals surface area contributed by atoms with Gasteiger partial charge < -0.3 is 9.88 Å². The van der Waals surface area contributed by atoms with Gasteiger partial charge in [0.1, 0.15) is 6.54 Å². The summed E-state index contributed by atoms with van der Waals surface area (Å²) < 4.78 is 2.03. The number of hydrogen-bond donors (Lipinski definition) is 1. The molecule has 0 aliphatic rings. The van der Waals surface area contributed by atoms with Gasteiger partial charge in [0.2, 0.25) is 5.91 Å². The van der Waals surface area contributed by atoms with E-state index in [9.17, 15) is 9.59 Å². The molecule has 128 valence electrons. The van der Waals surface area contributed by atoms with Gasteiger partial charge in [-0.1, -0.05) is 23.2 Å². The Morgan fingerprint density at radius 2 is 2.08 bits per heavy atom. The van der Waals surface area contributed by atoms with Crippen LogP contribution in [0.1, 0.15) is 0 Å². The quantitative estimate of drug-likeness (QED) is 0.617. The molecule has 0 aliphatic heterocycles. The highest BCUT2D eigenvalue weighted by molar-refractivity contribution is 9.10. The summed E-state index contributed by atoms with van der Waals surface area (Å²) in [5, 5.41) is 5.92. The van der Waals surface area contributed by atoms with Crippen molar-refractivity contribution >= 4 is 61.5 Å². The van der Waals surface area contributed by atoms with Crippen LogP contribution in [0.25, 0.3) is 11.3 Å². The van der Waals surface area contributed by atoms with Gasteiger partial charge in [0.15, 0.2) is 5.13 Å². The number of nitrogens with one attached hydrogen (secondary N) is 1. The van der Waals surface area contributed by atoms with Gasteiger partial charge in [-0.2, -0.15) is 0 Å². The first-order valence-electron chi connectivity index (χ1n) is 6.99. The lowest BCUT2D eigenvalue weighted by Gasteiger charge is -2.05. The third-order valence-corrected chi connectivity index (χ3v) is 4.99. The second-order valence-electron chi connectivity index (χ2n) is 5.02. The van der Waals surface area contributed by atoms with Crippen molar-refractivity contribution in [3.8, 4) is 11.3 Å². The molecule has 1 aromatic carbocycles. The predicted molar refractivity (Wildman–Crippen MR) is 105 cm³/mol. The lowest BCUT2D eigenvalue weighted by atomic mass is 10.2. The highest BCUT2D eigenvalue weighted by Gasteiger charge is 2.11. The third-order valence-electron chi connectivity index (χ3n) is 3.22. The van der Waals surface area contributed by atoms with Gasteiger partial charge in [-0.05, 0) is 40.2 Å². The molecular weight excluding hydrogens is 449 g/mol. The summed E-state index contributed by atoms with van der Waals surface area (Å²) in [6.45, 7) is -0.102. The Labute approximate surface area is 165 Å². The van der Waals surface area contributed by atoms with E-state index in [0.29, 0.717) is 25.3 Å². The fraction of sp³-hybridized carbons (Fsp3) is 0.0625. The average molecular weight is 459 g/mol. The van der Waals surface area contributed by atoms with Crippen LogP contribution in [0.3, 0.4) is 0 Å². The molecule has 0 radical (unpaired) electrons. The van der Waals surface area contributed by atoms with Crippen LogP contribution in [0.2, 0.25) is 10.0 Å². The molecule has 2 heterocycles. The summed E-state index contributed by atoms with van der Waals surface area (Å²) >= 11 is 16.6. The highest BCUT2D eigenvalue weighted by Crippen LogP contribution is 2.32. The van der Waals surface area contributed by atoms with Crippen molar-refractivity contribution in [3.63, 3.8) is 0 Å². The lowest BCUT2D eigenvalue weighted by molar-refractivity contribution is -0.116. The first-order chi connectivity index (χ1) is 11.9. The van der Waals surface area contributed by atoms with E-state index in [4.69, 9.17) is 23.2 Å². The number of aromatic nitrogens is 2. The number of thiazole rings is 1. The van der Waals surface area contributed by atoms with Gasteiger partial charge in [0.05, 0.1) is 10.7 Å². The maximum absolute atomic E-state index is 12.1. The van der Waals surface area contributed by atoms with Crippen LogP contribution < -0.4 is 10.9 Å². The third kappa shape index (κ3) is 4.49. The van der Waals surface area contributed by atoms with E-state index < -0.39 is 0 Å². The van der Waals surface area contributed by atoms with Crippen LogP contribution >= 0.6 is 50.5 Å². The van der Waals surface area contributed by atoms with Crippen molar-refractivity contribution in [1.82, 2.24) is 9.55 Å². The normalized spacial score (nSPS) is 10.7. The Morgan fingerprint density at radius 3 is 2.84 bits per heavy atom. The van der Waals surface area contributed by atoms with Crippen molar-refractivity contribution in [2.24, 2.45) is 0 Å². The molecule has 0 saturated heterocycles. The Balaban J connectivity index is 1.74. The van der Waals surface area contributed by atoms with Gasteiger partial charge in [-0.15, -0.1) is 11.3 Å². The molecule has 2 aromatic heterocycles. The molecule has 25 heavy (non-hydrogen) atoms. The molecule has 1 N–H and O–H groups in total. The zero-order valence-electron chi connectivity index (χ0n) is 12.5. The molecule has 0 spiro atoms. The molecule has 5 nitrogen and oxygen atoms in total. The predicted octanol–water partition coefficient (Wildman–Crippen LogP) is 4.68. The number of anilines is 1. The Bertz CT molecular complexity index is 1000. The first kappa shape index (κ1) is 18.1. The number of carbonyl (C=O) groups is 1. The first-order valence-corrected chi connectivity index (χ1v) is 9.42.